The van der Waals surface area contributed by atoms with E-state index >= 15 is 0 Å². The molecule has 31 heavy (non-hydrogen) atoms. The van der Waals surface area contributed by atoms with E-state index < -0.39 is 35.3 Å². The Morgan fingerprint density at radius 3 is 2.00 bits per heavy atom. The number of carbonyl (C=O) groups is 3. The van der Waals surface area contributed by atoms with Gasteiger partial charge in [0, 0.05) is 13.0 Å². The monoisotopic (exact) mass is 437 g/mol. The summed E-state index contributed by atoms with van der Waals surface area (Å²) in [5, 5.41) is 5.16. The molecule has 0 heterocycles. The molecule has 1 unspecified atom stereocenters. The molecule has 1 aromatic rings. The quantitative estimate of drug-likeness (QED) is 0.510. The van der Waals surface area contributed by atoms with E-state index in [9.17, 15) is 14.4 Å². The average molecular weight is 438 g/mol. The molecule has 4 N–H and O–H groups in total. The summed E-state index contributed by atoms with van der Waals surface area (Å²) in [5.41, 5.74) is 5.00. The Hall–Kier alpha value is -2.97. The molecule has 0 bridgehead atoms. The zero-order valence-corrected chi connectivity index (χ0v) is 19.2. The van der Waals surface area contributed by atoms with Crippen LogP contribution in [-0.2, 0) is 20.7 Å². The van der Waals surface area contributed by atoms with E-state index in [2.05, 4.69) is 10.6 Å². The van der Waals surface area contributed by atoms with Gasteiger partial charge in [-0.15, -0.1) is 0 Å². The van der Waals surface area contributed by atoms with Crippen molar-refractivity contribution in [3.63, 3.8) is 0 Å². The molecule has 174 valence electrons. The van der Waals surface area contributed by atoms with Gasteiger partial charge in [0.1, 0.15) is 23.0 Å². The summed E-state index contributed by atoms with van der Waals surface area (Å²) < 4.78 is 16.0. The van der Waals surface area contributed by atoms with Crippen molar-refractivity contribution < 1.29 is 28.6 Å². The number of hydrogen-bond acceptors (Lipinski definition) is 6. The van der Waals surface area contributed by atoms with Crippen molar-refractivity contribution in [2.45, 2.75) is 71.6 Å². The van der Waals surface area contributed by atoms with Crippen molar-refractivity contribution in [2.24, 2.45) is 5.73 Å². The lowest BCUT2D eigenvalue weighted by molar-refractivity contribution is -0.120. The first-order chi connectivity index (χ1) is 14.2. The molecule has 0 saturated carbocycles. The van der Waals surface area contributed by atoms with Crippen molar-refractivity contribution >= 4 is 18.1 Å². The molecule has 0 aliphatic carbocycles. The van der Waals surface area contributed by atoms with Gasteiger partial charge < -0.3 is 30.6 Å². The van der Waals surface area contributed by atoms with Crippen LogP contribution in [0.25, 0.3) is 0 Å². The van der Waals surface area contributed by atoms with Crippen LogP contribution < -0.4 is 21.1 Å². The van der Waals surface area contributed by atoms with Gasteiger partial charge in [0.2, 0.25) is 5.91 Å². The maximum Gasteiger partial charge on any atom is 0.408 e. The predicted molar refractivity (Wildman–Crippen MR) is 117 cm³/mol. The fourth-order valence-electron chi connectivity index (χ4n) is 2.40. The van der Waals surface area contributed by atoms with Crippen LogP contribution in [0.2, 0.25) is 0 Å². The topological polar surface area (TPSA) is 129 Å². The van der Waals surface area contributed by atoms with Crippen molar-refractivity contribution in [1.82, 2.24) is 10.6 Å². The number of primary amides is 1. The minimum atomic E-state index is -0.888. The van der Waals surface area contributed by atoms with E-state index in [1.54, 1.807) is 65.8 Å². The molecule has 9 nitrogen and oxygen atoms in total. The minimum Gasteiger partial charge on any atom is -0.494 e. The number of ether oxygens (including phenoxy) is 3. The van der Waals surface area contributed by atoms with Gasteiger partial charge in [-0.25, -0.2) is 9.59 Å². The molecule has 1 atom stereocenters. The van der Waals surface area contributed by atoms with Gasteiger partial charge in [0.15, 0.2) is 0 Å². The molecular weight excluding hydrogens is 402 g/mol. The van der Waals surface area contributed by atoms with Crippen molar-refractivity contribution in [3.8, 4) is 5.75 Å². The van der Waals surface area contributed by atoms with Crippen LogP contribution in [0.3, 0.4) is 0 Å². The lowest BCUT2D eigenvalue weighted by Gasteiger charge is -2.22. The normalized spacial score (nSPS) is 12.5. The summed E-state index contributed by atoms with van der Waals surface area (Å²) in [5.74, 6) is 0.000387. The largest absolute Gasteiger partial charge is 0.494 e. The number of carbonyl (C=O) groups excluding carboxylic acids is 3. The van der Waals surface area contributed by atoms with Crippen LogP contribution in [-0.4, -0.2) is 48.5 Å². The molecule has 3 amide bonds. The van der Waals surface area contributed by atoms with Crippen LogP contribution in [0.5, 0.6) is 5.75 Å². The Balaban J connectivity index is 2.43. The molecule has 0 saturated heterocycles. The predicted octanol–water partition coefficient (Wildman–Crippen LogP) is 2.90. The summed E-state index contributed by atoms with van der Waals surface area (Å²) in [4.78, 5) is 35.2. The summed E-state index contributed by atoms with van der Waals surface area (Å²) in [6, 6.07) is 6.23. The third kappa shape index (κ3) is 12.3. The average Bonchev–Trinajstić information content (AvgIpc) is 2.59. The highest BCUT2D eigenvalue weighted by molar-refractivity contribution is 5.84. The minimum absolute atomic E-state index is 0.231. The smallest absolute Gasteiger partial charge is 0.408 e. The van der Waals surface area contributed by atoms with Gasteiger partial charge in [-0.05, 0) is 65.7 Å². The molecule has 9 heteroatoms. The first-order valence-electron chi connectivity index (χ1n) is 10.2. The Morgan fingerprint density at radius 1 is 0.935 bits per heavy atom. The van der Waals surface area contributed by atoms with Gasteiger partial charge in [-0.3, -0.25) is 4.79 Å². The van der Waals surface area contributed by atoms with Crippen LogP contribution in [0.1, 0.15) is 53.5 Å². The van der Waals surface area contributed by atoms with Gasteiger partial charge in [0.05, 0.1) is 6.61 Å². The summed E-state index contributed by atoms with van der Waals surface area (Å²) in [7, 11) is 0. The van der Waals surface area contributed by atoms with Crippen molar-refractivity contribution in [3.05, 3.63) is 29.8 Å². The fourth-order valence-corrected chi connectivity index (χ4v) is 2.40. The van der Waals surface area contributed by atoms with Crippen LogP contribution in [0.15, 0.2) is 24.3 Å². The molecule has 0 fully saturated rings. The third-order valence-corrected chi connectivity index (χ3v) is 3.66. The van der Waals surface area contributed by atoms with Gasteiger partial charge in [-0.1, -0.05) is 12.1 Å². The Kier molecular flexibility index (Phi) is 9.61. The van der Waals surface area contributed by atoms with Crippen molar-refractivity contribution in [1.29, 1.82) is 0 Å². The highest BCUT2D eigenvalue weighted by atomic mass is 16.6. The van der Waals surface area contributed by atoms with Gasteiger partial charge in [0.25, 0.3) is 0 Å². The van der Waals surface area contributed by atoms with Crippen LogP contribution in [0.4, 0.5) is 9.59 Å². The number of amides is 3. The number of nitrogens with two attached hydrogens (primary N) is 1. The van der Waals surface area contributed by atoms with Gasteiger partial charge >= 0.3 is 12.2 Å². The molecule has 1 rings (SSSR count). The zero-order valence-electron chi connectivity index (χ0n) is 19.2. The summed E-state index contributed by atoms with van der Waals surface area (Å²) in [6.07, 6.45) is -0.309. The molecule has 1 aromatic carbocycles. The Labute approximate surface area is 184 Å². The number of hydrogen-bond donors (Lipinski definition) is 3. The highest BCUT2D eigenvalue weighted by Gasteiger charge is 2.23. The second-order valence-electron chi connectivity index (χ2n) is 9.08. The molecule has 0 aromatic heterocycles. The van der Waals surface area contributed by atoms with Gasteiger partial charge in [-0.2, -0.15) is 0 Å². The first kappa shape index (κ1) is 26.1. The first-order valence-corrected chi connectivity index (χ1v) is 10.2. The van der Waals surface area contributed by atoms with Crippen molar-refractivity contribution in [2.75, 3.05) is 13.2 Å². The number of benzene rings is 1. The second-order valence-corrected chi connectivity index (χ2v) is 9.08. The van der Waals surface area contributed by atoms with E-state index in [1.165, 1.54) is 0 Å². The molecule has 0 radical (unpaired) electrons. The zero-order chi connectivity index (χ0) is 23.7. The van der Waals surface area contributed by atoms with E-state index in [-0.39, 0.29) is 6.42 Å². The van der Waals surface area contributed by atoms with E-state index in [0.717, 1.165) is 5.56 Å². The van der Waals surface area contributed by atoms with E-state index in [1.807, 2.05) is 0 Å². The maximum absolute atomic E-state index is 11.9. The summed E-state index contributed by atoms with van der Waals surface area (Å²) in [6.45, 7) is 11.5. The SMILES string of the molecule is CC(C)(C)OC(=O)NCCCOc1ccc(CC(NC(=O)OC(C)(C)C)C(N)=O)cc1. The lowest BCUT2D eigenvalue weighted by atomic mass is 10.1. The summed E-state index contributed by atoms with van der Waals surface area (Å²) >= 11 is 0. The highest BCUT2D eigenvalue weighted by Crippen LogP contribution is 2.14. The number of alkyl carbamates (subject to hydrolysis) is 2. The Morgan fingerprint density at radius 2 is 1.48 bits per heavy atom. The molecule has 0 spiro atoms. The standard InChI is InChI=1S/C22H35N3O6/c1-21(2,3)30-19(27)24-12-7-13-29-16-10-8-15(9-11-16)14-17(18(23)26)25-20(28)31-22(4,5)6/h8-11,17H,7,12-14H2,1-6H3,(H2,23,26)(H,24,27)(H,25,28). The molecule has 0 aliphatic heterocycles. The fraction of sp³-hybridized carbons (Fsp3) is 0.591. The molecular formula is C22H35N3O6. The molecule has 0 aliphatic rings. The second kappa shape index (κ2) is 11.4. The van der Waals surface area contributed by atoms with Crippen LogP contribution in [0, 0.1) is 0 Å². The number of rotatable bonds is 9. The third-order valence-electron chi connectivity index (χ3n) is 3.66. The lowest BCUT2D eigenvalue weighted by Crippen LogP contribution is -2.47. The van der Waals surface area contributed by atoms with Crippen LogP contribution >= 0.6 is 0 Å². The maximum atomic E-state index is 11.9. The number of nitrogens with one attached hydrogen (secondary N) is 2. The van der Waals surface area contributed by atoms with E-state index in [4.69, 9.17) is 19.9 Å². The van der Waals surface area contributed by atoms with E-state index in [0.29, 0.717) is 25.3 Å². The Bertz CT molecular complexity index is 735.